The average Bonchev–Trinajstić information content (AvgIpc) is 2.59. The van der Waals surface area contributed by atoms with Crippen LogP contribution in [-0.4, -0.2) is 26.3 Å². The largest absolute Gasteiger partial charge is 0.299 e. The molecule has 0 bridgehead atoms. The van der Waals surface area contributed by atoms with Crippen molar-refractivity contribution in [2.45, 2.75) is 39.7 Å². The Balaban J connectivity index is 2.63. The van der Waals surface area contributed by atoms with Gasteiger partial charge in [-0.15, -0.1) is 10.2 Å². The van der Waals surface area contributed by atoms with Crippen LogP contribution in [0, 0.1) is 0 Å². The van der Waals surface area contributed by atoms with E-state index >= 15 is 0 Å². The molecule has 0 saturated heterocycles. The smallest absolute Gasteiger partial charge is 0.225 e. The van der Waals surface area contributed by atoms with E-state index in [0.717, 1.165) is 24.4 Å². The maximum absolute atomic E-state index is 6.01. The Labute approximate surface area is 101 Å². The second-order valence-corrected chi connectivity index (χ2v) is 5.18. The Morgan fingerprint density at radius 2 is 2.13 bits per heavy atom. The monoisotopic (exact) mass is 247 g/mol. The predicted molar refractivity (Wildman–Crippen MR) is 66.7 cm³/mol. The van der Waals surface area contributed by atoms with E-state index in [9.17, 15) is 0 Å². The standard InChI is InChI=1S/C10H18ClN3S/c1-4-9-12-13-10(11)14(9)8(3)6-7-15-5-2/h8H,4-7H2,1-3H3. The van der Waals surface area contributed by atoms with Crippen molar-refractivity contribution in [2.75, 3.05) is 11.5 Å². The molecule has 0 radical (unpaired) electrons. The molecule has 0 aromatic carbocycles. The summed E-state index contributed by atoms with van der Waals surface area (Å²) in [5, 5.41) is 8.48. The van der Waals surface area contributed by atoms with Crippen molar-refractivity contribution in [2.24, 2.45) is 0 Å². The molecule has 1 aromatic rings. The van der Waals surface area contributed by atoms with Crippen LogP contribution in [0.2, 0.25) is 5.28 Å². The van der Waals surface area contributed by atoms with Gasteiger partial charge in [-0.1, -0.05) is 13.8 Å². The van der Waals surface area contributed by atoms with Crippen LogP contribution >= 0.6 is 23.4 Å². The Morgan fingerprint density at radius 1 is 1.40 bits per heavy atom. The number of halogens is 1. The van der Waals surface area contributed by atoms with E-state index in [2.05, 4.69) is 31.0 Å². The molecule has 1 aromatic heterocycles. The highest BCUT2D eigenvalue weighted by Crippen LogP contribution is 2.21. The van der Waals surface area contributed by atoms with Crippen molar-refractivity contribution in [3.63, 3.8) is 0 Å². The summed E-state index contributed by atoms with van der Waals surface area (Å²) in [5.41, 5.74) is 0. The highest BCUT2D eigenvalue weighted by atomic mass is 35.5. The van der Waals surface area contributed by atoms with E-state index in [1.807, 2.05) is 16.3 Å². The lowest BCUT2D eigenvalue weighted by Crippen LogP contribution is -2.10. The quantitative estimate of drug-likeness (QED) is 0.724. The summed E-state index contributed by atoms with van der Waals surface area (Å²) < 4.78 is 2.04. The Kier molecular flexibility index (Phi) is 5.47. The van der Waals surface area contributed by atoms with Crippen molar-refractivity contribution in [1.29, 1.82) is 0 Å². The third kappa shape index (κ3) is 3.38. The summed E-state index contributed by atoms with van der Waals surface area (Å²) in [7, 11) is 0. The normalized spacial score (nSPS) is 13.1. The van der Waals surface area contributed by atoms with Crippen LogP contribution in [0.3, 0.4) is 0 Å². The molecule has 5 heteroatoms. The molecule has 0 saturated carbocycles. The first-order valence-corrected chi connectivity index (χ1v) is 6.90. The van der Waals surface area contributed by atoms with E-state index < -0.39 is 0 Å². The molecule has 3 nitrogen and oxygen atoms in total. The molecule has 0 N–H and O–H groups in total. The summed E-state index contributed by atoms with van der Waals surface area (Å²) in [6, 6.07) is 0.390. The van der Waals surface area contributed by atoms with Crippen LogP contribution in [0.15, 0.2) is 0 Å². The molecule has 1 unspecified atom stereocenters. The minimum absolute atomic E-state index is 0.390. The number of thioether (sulfide) groups is 1. The SMILES string of the molecule is CCSCCC(C)n1c(Cl)nnc1CC. The van der Waals surface area contributed by atoms with Gasteiger partial charge in [0, 0.05) is 12.5 Å². The van der Waals surface area contributed by atoms with Gasteiger partial charge in [0.1, 0.15) is 5.82 Å². The predicted octanol–water partition coefficient (Wildman–Crippen LogP) is 3.20. The first kappa shape index (κ1) is 12.8. The van der Waals surface area contributed by atoms with E-state index in [4.69, 9.17) is 11.6 Å². The van der Waals surface area contributed by atoms with Gasteiger partial charge in [0.15, 0.2) is 0 Å². The number of hydrogen-bond donors (Lipinski definition) is 0. The molecule has 0 aliphatic carbocycles. The van der Waals surface area contributed by atoms with Crippen LogP contribution < -0.4 is 0 Å². The van der Waals surface area contributed by atoms with Crippen LogP contribution in [0.5, 0.6) is 0 Å². The third-order valence-electron chi connectivity index (χ3n) is 2.37. The van der Waals surface area contributed by atoms with Crippen molar-refractivity contribution < 1.29 is 0 Å². The van der Waals surface area contributed by atoms with Crippen LogP contribution in [0.25, 0.3) is 0 Å². The number of hydrogen-bond acceptors (Lipinski definition) is 3. The van der Waals surface area contributed by atoms with E-state index in [1.165, 1.54) is 5.75 Å². The fourth-order valence-electron chi connectivity index (χ4n) is 1.51. The van der Waals surface area contributed by atoms with Gasteiger partial charge in [-0.25, -0.2) is 0 Å². The second kappa shape index (κ2) is 6.38. The maximum atomic E-state index is 6.01. The van der Waals surface area contributed by atoms with Crippen molar-refractivity contribution >= 4 is 23.4 Å². The lowest BCUT2D eigenvalue weighted by atomic mass is 10.2. The molecule has 1 rings (SSSR count). The maximum Gasteiger partial charge on any atom is 0.225 e. The van der Waals surface area contributed by atoms with Gasteiger partial charge in [0.25, 0.3) is 0 Å². The molecule has 1 heterocycles. The highest BCUT2D eigenvalue weighted by Gasteiger charge is 2.14. The molecule has 86 valence electrons. The lowest BCUT2D eigenvalue weighted by molar-refractivity contribution is 0.514. The zero-order valence-electron chi connectivity index (χ0n) is 9.53. The zero-order chi connectivity index (χ0) is 11.3. The lowest BCUT2D eigenvalue weighted by Gasteiger charge is -2.15. The number of rotatable bonds is 6. The second-order valence-electron chi connectivity index (χ2n) is 3.44. The van der Waals surface area contributed by atoms with Crippen molar-refractivity contribution in [1.82, 2.24) is 14.8 Å². The summed E-state index contributed by atoms with van der Waals surface area (Å²) in [6.07, 6.45) is 1.99. The minimum Gasteiger partial charge on any atom is -0.299 e. The minimum atomic E-state index is 0.390. The molecular weight excluding hydrogens is 230 g/mol. The van der Waals surface area contributed by atoms with Gasteiger partial charge in [0.2, 0.25) is 5.28 Å². The number of aryl methyl sites for hydroxylation is 1. The van der Waals surface area contributed by atoms with Crippen LogP contribution in [0.4, 0.5) is 0 Å². The molecular formula is C10H18ClN3S. The van der Waals surface area contributed by atoms with Crippen LogP contribution in [-0.2, 0) is 6.42 Å². The molecule has 0 spiro atoms. The fourth-order valence-corrected chi connectivity index (χ4v) is 2.60. The molecule has 15 heavy (non-hydrogen) atoms. The van der Waals surface area contributed by atoms with Gasteiger partial charge in [-0.2, -0.15) is 11.8 Å². The fraction of sp³-hybridized carbons (Fsp3) is 0.800. The average molecular weight is 248 g/mol. The van der Waals surface area contributed by atoms with E-state index in [-0.39, 0.29) is 0 Å². The van der Waals surface area contributed by atoms with Gasteiger partial charge >= 0.3 is 0 Å². The summed E-state index contributed by atoms with van der Waals surface area (Å²) in [5.74, 6) is 3.31. The molecule has 0 aliphatic heterocycles. The first-order chi connectivity index (χ1) is 7.20. The molecule has 0 amide bonds. The van der Waals surface area contributed by atoms with Crippen molar-refractivity contribution in [3.8, 4) is 0 Å². The van der Waals surface area contributed by atoms with Gasteiger partial charge in [0.05, 0.1) is 0 Å². The van der Waals surface area contributed by atoms with E-state index in [1.54, 1.807) is 0 Å². The van der Waals surface area contributed by atoms with E-state index in [0.29, 0.717) is 11.3 Å². The Morgan fingerprint density at radius 3 is 2.73 bits per heavy atom. The van der Waals surface area contributed by atoms with Gasteiger partial charge < -0.3 is 0 Å². The first-order valence-electron chi connectivity index (χ1n) is 5.37. The topological polar surface area (TPSA) is 30.7 Å². The Hall–Kier alpha value is -0.220. The highest BCUT2D eigenvalue weighted by molar-refractivity contribution is 7.99. The Bertz CT molecular complexity index is 301. The summed E-state index contributed by atoms with van der Waals surface area (Å²) in [4.78, 5) is 0. The van der Waals surface area contributed by atoms with Gasteiger partial charge in [-0.05, 0) is 36.5 Å². The van der Waals surface area contributed by atoms with Crippen LogP contribution in [0.1, 0.15) is 39.1 Å². The number of nitrogens with zero attached hydrogens (tertiary/aromatic N) is 3. The van der Waals surface area contributed by atoms with Gasteiger partial charge in [-0.3, -0.25) is 4.57 Å². The van der Waals surface area contributed by atoms with Crippen molar-refractivity contribution in [3.05, 3.63) is 11.1 Å². The molecule has 0 fully saturated rings. The molecule has 0 aliphatic rings. The zero-order valence-corrected chi connectivity index (χ0v) is 11.1. The molecule has 1 atom stereocenters. The summed E-state index contributed by atoms with van der Waals surface area (Å²) in [6.45, 7) is 6.42. The summed E-state index contributed by atoms with van der Waals surface area (Å²) >= 11 is 7.97. The third-order valence-corrected chi connectivity index (χ3v) is 3.56. The number of aromatic nitrogens is 3.